The van der Waals surface area contributed by atoms with E-state index in [9.17, 15) is 9.59 Å². The van der Waals surface area contributed by atoms with Crippen LogP contribution in [0.15, 0.2) is 42.5 Å². The summed E-state index contributed by atoms with van der Waals surface area (Å²) >= 11 is 6.01. The standard InChI is InChI=1S/C16H11ClN2O2/c1-10(20)12-5-6-14(17)15(8-12)19-16(21)13-4-2-3-11(7-13)9-18/h2-8H,1H3,(H,19,21). The van der Waals surface area contributed by atoms with E-state index in [1.165, 1.54) is 19.1 Å². The number of hydrogen-bond acceptors (Lipinski definition) is 3. The van der Waals surface area contributed by atoms with Crippen molar-refractivity contribution in [3.8, 4) is 6.07 Å². The third-order valence-electron chi connectivity index (χ3n) is 2.87. The summed E-state index contributed by atoms with van der Waals surface area (Å²) in [6, 6.07) is 13.0. The van der Waals surface area contributed by atoms with E-state index in [2.05, 4.69) is 5.32 Å². The van der Waals surface area contributed by atoms with Gasteiger partial charge < -0.3 is 5.32 Å². The summed E-state index contributed by atoms with van der Waals surface area (Å²) in [6.07, 6.45) is 0. The van der Waals surface area contributed by atoms with Crippen molar-refractivity contribution < 1.29 is 9.59 Å². The van der Waals surface area contributed by atoms with E-state index in [4.69, 9.17) is 16.9 Å². The molecule has 0 spiro atoms. The Hall–Kier alpha value is -2.64. The average molecular weight is 299 g/mol. The van der Waals surface area contributed by atoms with E-state index in [0.717, 1.165) is 0 Å². The highest BCUT2D eigenvalue weighted by Crippen LogP contribution is 2.24. The molecule has 5 heteroatoms. The number of benzene rings is 2. The molecular weight excluding hydrogens is 288 g/mol. The van der Waals surface area contributed by atoms with Gasteiger partial charge in [0, 0.05) is 11.1 Å². The van der Waals surface area contributed by atoms with Gasteiger partial charge in [-0.05, 0) is 43.3 Å². The molecule has 0 aromatic heterocycles. The van der Waals surface area contributed by atoms with Gasteiger partial charge in [0.1, 0.15) is 0 Å². The lowest BCUT2D eigenvalue weighted by Crippen LogP contribution is -2.12. The third kappa shape index (κ3) is 3.47. The molecule has 21 heavy (non-hydrogen) atoms. The molecule has 0 aliphatic rings. The molecule has 2 aromatic carbocycles. The molecule has 0 saturated carbocycles. The first-order chi connectivity index (χ1) is 10.0. The predicted octanol–water partition coefficient (Wildman–Crippen LogP) is 3.67. The summed E-state index contributed by atoms with van der Waals surface area (Å²) < 4.78 is 0. The number of Topliss-reactive ketones (excluding diaryl/α,β-unsaturated/α-hetero) is 1. The molecule has 0 bridgehead atoms. The minimum Gasteiger partial charge on any atom is -0.321 e. The summed E-state index contributed by atoms with van der Waals surface area (Å²) in [4.78, 5) is 23.5. The van der Waals surface area contributed by atoms with Crippen molar-refractivity contribution in [2.24, 2.45) is 0 Å². The van der Waals surface area contributed by atoms with Gasteiger partial charge in [0.05, 0.1) is 22.3 Å². The fourth-order valence-electron chi connectivity index (χ4n) is 1.76. The maximum atomic E-state index is 12.2. The monoisotopic (exact) mass is 298 g/mol. The van der Waals surface area contributed by atoms with Gasteiger partial charge in [-0.25, -0.2) is 0 Å². The number of halogens is 1. The molecule has 0 unspecified atom stereocenters. The first kappa shape index (κ1) is 14.8. The van der Waals surface area contributed by atoms with E-state index in [1.807, 2.05) is 6.07 Å². The highest BCUT2D eigenvalue weighted by molar-refractivity contribution is 6.34. The van der Waals surface area contributed by atoms with Crippen LogP contribution >= 0.6 is 11.6 Å². The van der Waals surface area contributed by atoms with Crippen molar-refractivity contribution in [2.45, 2.75) is 6.92 Å². The molecule has 0 saturated heterocycles. The minimum absolute atomic E-state index is 0.117. The van der Waals surface area contributed by atoms with Crippen LogP contribution in [0.25, 0.3) is 0 Å². The molecule has 0 aliphatic heterocycles. The lowest BCUT2D eigenvalue weighted by Gasteiger charge is -2.08. The molecule has 4 nitrogen and oxygen atoms in total. The molecule has 0 radical (unpaired) electrons. The van der Waals surface area contributed by atoms with E-state index in [0.29, 0.717) is 27.4 Å². The number of amides is 1. The Labute approximate surface area is 127 Å². The summed E-state index contributed by atoms with van der Waals surface area (Å²) in [5.74, 6) is -0.511. The molecule has 104 valence electrons. The van der Waals surface area contributed by atoms with E-state index < -0.39 is 5.91 Å². The zero-order valence-electron chi connectivity index (χ0n) is 11.2. The van der Waals surface area contributed by atoms with E-state index >= 15 is 0 Å². The lowest BCUT2D eigenvalue weighted by atomic mass is 10.1. The maximum Gasteiger partial charge on any atom is 0.255 e. The first-order valence-corrected chi connectivity index (χ1v) is 6.51. The Morgan fingerprint density at radius 1 is 1.14 bits per heavy atom. The fraction of sp³-hybridized carbons (Fsp3) is 0.0625. The Morgan fingerprint density at radius 3 is 2.57 bits per heavy atom. The van der Waals surface area contributed by atoms with Crippen LogP contribution in [-0.4, -0.2) is 11.7 Å². The number of carbonyl (C=O) groups excluding carboxylic acids is 2. The zero-order chi connectivity index (χ0) is 15.4. The number of nitrogens with one attached hydrogen (secondary N) is 1. The fourth-order valence-corrected chi connectivity index (χ4v) is 1.93. The maximum absolute atomic E-state index is 12.2. The molecule has 0 heterocycles. The molecule has 2 aromatic rings. The second-order valence-electron chi connectivity index (χ2n) is 4.40. The van der Waals surface area contributed by atoms with Crippen LogP contribution in [0.3, 0.4) is 0 Å². The van der Waals surface area contributed by atoms with Gasteiger partial charge >= 0.3 is 0 Å². The number of nitrogens with zero attached hydrogens (tertiary/aromatic N) is 1. The highest BCUT2D eigenvalue weighted by atomic mass is 35.5. The van der Waals surface area contributed by atoms with Crippen LogP contribution in [0.5, 0.6) is 0 Å². The van der Waals surface area contributed by atoms with Gasteiger partial charge in [-0.1, -0.05) is 17.7 Å². The van der Waals surface area contributed by atoms with E-state index in [-0.39, 0.29) is 5.78 Å². The largest absolute Gasteiger partial charge is 0.321 e. The number of hydrogen-bond donors (Lipinski definition) is 1. The molecular formula is C16H11ClN2O2. The number of carbonyl (C=O) groups is 2. The van der Waals surface area contributed by atoms with Gasteiger partial charge in [0.25, 0.3) is 5.91 Å². The summed E-state index contributed by atoms with van der Waals surface area (Å²) in [6.45, 7) is 1.44. The SMILES string of the molecule is CC(=O)c1ccc(Cl)c(NC(=O)c2cccc(C#N)c2)c1. The van der Waals surface area contributed by atoms with E-state index in [1.54, 1.807) is 30.3 Å². The average Bonchev–Trinajstić information content (AvgIpc) is 2.49. The normalized spacial score (nSPS) is 9.76. The minimum atomic E-state index is -0.394. The number of anilines is 1. The second kappa shape index (κ2) is 6.21. The van der Waals surface area contributed by atoms with Gasteiger partial charge in [-0.15, -0.1) is 0 Å². The first-order valence-electron chi connectivity index (χ1n) is 6.13. The Bertz CT molecular complexity index is 763. The summed E-state index contributed by atoms with van der Waals surface area (Å²) in [5, 5.41) is 11.8. The highest BCUT2D eigenvalue weighted by Gasteiger charge is 2.11. The van der Waals surface area contributed by atoms with Gasteiger partial charge in [0.15, 0.2) is 5.78 Å². The Morgan fingerprint density at radius 2 is 1.90 bits per heavy atom. The van der Waals surface area contributed by atoms with Gasteiger partial charge in [0.2, 0.25) is 0 Å². The van der Waals surface area contributed by atoms with Crippen molar-refractivity contribution in [1.82, 2.24) is 0 Å². The number of rotatable bonds is 3. The third-order valence-corrected chi connectivity index (χ3v) is 3.20. The van der Waals surface area contributed by atoms with Crippen LogP contribution in [0.2, 0.25) is 5.02 Å². The van der Waals surface area contributed by atoms with Gasteiger partial charge in [-0.2, -0.15) is 5.26 Å². The number of nitriles is 1. The van der Waals surface area contributed by atoms with Crippen LogP contribution in [-0.2, 0) is 0 Å². The number of ketones is 1. The summed E-state index contributed by atoms with van der Waals surface area (Å²) in [7, 11) is 0. The molecule has 1 amide bonds. The zero-order valence-corrected chi connectivity index (χ0v) is 11.9. The van der Waals surface area contributed by atoms with Crippen LogP contribution in [0, 0.1) is 11.3 Å². The van der Waals surface area contributed by atoms with Crippen molar-refractivity contribution >= 4 is 29.0 Å². The molecule has 0 fully saturated rings. The van der Waals surface area contributed by atoms with Gasteiger partial charge in [-0.3, -0.25) is 9.59 Å². The van der Waals surface area contributed by atoms with Crippen molar-refractivity contribution in [3.63, 3.8) is 0 Å². The Kier molecular flexibility index (Phi) is 4.36. The molecule has 1 N–H and O–H groups in total. The topological polar surface area (TPSA) is 70.0 Å². The van der Waals surface area contributed by atoms with Crippen molar-refractivity contribution in [1.29, 1.82) is 5.26 Å². The molecule has 0 atom stereocenters. The smallest absolute Gasteiger partial charge is 0.255 e. The molecule has 2 rings (SSSR count). The van der Waals surface area contributed by atoms with Crippen LogP contribution in [0.1, 0.15) is 33.2 Å². The van der Waals surface area contributed by atoms with Crippen LogP contribution < -0.4 is 5.32 Å². The Balaban J connectivity index is 2.29. The van der Waals surface area contributed by atoms with Crippen molar-refractivity contribution in [2.75, 3.05) is 5.32 Å². The van der Waals surface area contributed by atoms with Crippen molar-refractivity contribution in [3.05, 3.63) is 64.2 Å². The lowest BCUT2D eigenvalue weighted by molar-refractivity contribution is 0.101. The molecule has 0 aliphatic carbocycles. The second-order valence-corrected chi connectivity index (χ2v) is 4.80. The van der Waals surface area contributed by atoms with Crippen LogP contribution in [0.4, 0.5) is 5.69 Å². The quantitative estimate of drug-likeness (QED) is 0.879. The summed E-state index contributed by atoms with van der Waals surface area (Å²) in [5.41, 5.74) is 1.56. The predicted molar refractivity (Wildman–Crippen MR) is 80.6 cm³/mol.